The van der Waals surface area contributed by atoms with Crippen LogP contribution < -0.4 is 0 Å². The summed E-state index contributed by atoms with van der Waals surface area (Å²) in [7, 11) is 0. The molecule has 0 bridgehead atoms. The van der Waals surface area contributed by atoms with E-state index in [1.165, 1.54) is 0 Å². The first-order chi connectivity index (χ1) is 3.91. The predicted molar refractivity (Wildman–Crippen MR) is 47.1 cm³/mol. The first-order valence-electron chi connectivity index (χ1n) is 2.97. The standard InChI is InChI=1S/C4H8O2.C2H6.2CH4/c1-2-3-6-4-5;1-2;;/h4H,2-3H2,1H3;1-2H3;2*1H4. The van der Waals surface area contributed by atoms with Gasteiger partial charge in [-0.1, -0.05) is 35.6 Å². The van der Waals surface area contributed by atoms with Crippen molar-refractivity contribution in [3.63, 3.8) is 0 Å². The highest BCUT2D eigenvalue weighted by molar-refractivity contribution is 5.36. The zero-order chi connectivity index (χ0) is 6.83. The van der Waals surface area contributed by atoms with Crippen LogP contribution in [0.5, 0.6) is 0 Å². The summed E-state index contributed by atoms with van der Waals surface area (Å²) in [4.78, 5) is 9.34. The summed E-state index contributed by atoms with van der Waals surface area (Å²) >= 11 is 0. The normalized spacial score (nSPS) is 5.10. The molecule has 0 amide bonds. The Hall–Kier alpha value is -0.530. The minimum absolute atomic E-state index is 0. The Morgan fingerprint density at radius 1 is 1.30 bits per heavy atom. The summed E-state index contributed by atoms with van der Waals surface area (Å²) in [5.41, 5.74) is 0. The van der Waals surface area contributed by atoms with E-state index in [1.54, 1.807) is 0 Å². The summed E-state index contributed by atoms with van der Waals surface area (Å²) in [5, 5.41) is 0. The van der Waals surface area contributed by atoms with Crippen LogP contribution in [0.25, 0.3) is 0 Å². The Balaban J connectivity index is -0.0000000412. The molecule has 0 aliphatic carbocycles. The van der Waals surface area contributed by atoms with Gasteiger partial charge in [-0.15, -0.1) is 0 Å². The van der Waals surface area contributed by atoms with Crippen molar-refractivity contribution in [1.29, 1.82) is 0 Å². The molecule has 0 saturated carbocycles. The molecule has 0 atom stereocenters. The molecule has 0 aromatic rings. The molecule has 2 heteroatoms. The van der Waals surface area contributed by atoms with Crippen molar-refractivity contribution in [3.8, 4) is 0 Å². The van der Waals surface area contributed by atoms with E-state index in [-0.39, 0.29) is 14.9 Å². The third kappa shape index (κ3) is 51.3. The van der Waals surface area contributed by atoms with E-state index in [1.807, 2.05) is 20.8 Å². The SMILES string of the molecule is C.C.CC.CCCOC=O. The smallest absolute Gasteiger partial charge is 0.293 e. The Kier molecular flexibility index (Phi) is 89.1. The predicted octanol–water partition coefficient (Wildman–Crippen LogP) is 2.87. The van der Waals surface area contributed by atoms with Gasteiger partial charge >= 0.3 is 0 Å². The van der Waals surface area contributed by atoms with Gasteiger partial charge in [-0.05, 0) is 6.42 Å². The van der Waals surface area contributed by atoms with E-state index in [0.717, 1.165) is 6.42 Å². The van der Waals surface area contributed by atoms with Gasteiger partial charge in [0.1, 0.15) is 0 Å². The van der Waals surface area contributed by atoms with Crippen LogP contribution in [0.4, 0.5) is 0 Å². The van der Waals surface area contributed by atoms with Crippen LogP contribution in [0.15, 0.2) is 0 Å². The van der Waals surface area contributed by atoms with Crippen molar-refractivity contribution >= 4 is 6.47 Å². The van der Waals surface area contributed by atoms with Crippen LogP contribution in [0.1, 0.15) is 42.0 Å². The molecule has 0 aliphatic heterocycles. The number of hydrogen-bond acceptors (Lipinski definition) is 2. The molecule has 0 N–H and O–H groups in total. The second-order valence-corrected chi connectivity index (χ2v) is 0.967. The molecule has 66 valence electrons. The Bertz CT molecular complexity index is 36.2. The molecular weight excluding hydrogens is 128 g/mol. The molecule has 0 aromatic carbocycles. The van der Waals surface area contributed by atoms with Crippen molar-refractivity contribution in [3.05, 3.63) is 0 Å². The van der Waals surface area contributed by atoms with Crippen LogP contribution in [-0.2, 0) is 9.53 Å². The van der Waals surface area contributed by atoms with E-state index in [2.05, 4.69) is 4.74 Å². The highest BCUT2D eigenvalue weighted by Gasteiger charge is 1.71. The maximum atomic E-state index is 9.34. The molecule has 0 radical (unpaired) electrons. The van der Waals surface area contributed by atoms with Gasteiger partial charge in [-0.2, -0.15) is 0 Å². The van der Waals surface area contributed by atoms with E-state index in [4.69, 9.17) is 0 Å². The summed E-state index contributed by atoms with van der Waals surface area (Å²) in [6.07, 6.45) is 0.902. The lowest BCUT2D eigenvalue weighted by atomic mass is 10.5. The van der Waals surface area contributed by atoms with Crippen LogP contribution in [0.3, 0.4) is 0 Å². The maximum Gasteiger partial charge on any atom is 0.293 e. The third-order valence-corrected chi connectivity index (χ3v) is 0.390. The molecular formula is C8H22O2. The van der Waals surface area contributed by atoms with Crippen molar-refractivity contribution in [2.75, 3.05) is 6.61 Å². The van der Waals surface area contributed by atoms with Gasteiger partial charge in [0, 0.05) is 0 Å². The first-order valence-corrected chi connectivity index (χ1v) is 2.97. The summed E-state index contributed by atoms with van der Waals surface area (Å²) in [5.74, 6) is 0. The van der Waals surface area contributed by atoms with E-state index in [0.29, 0.717) is 13.1 Å². The average molecular weight is 150 g/mol. The lowest BCUT2D eigenvalue weighted by Gasteiger charge is -1.86. The molecule has 0 fully saturated rings. The van der Waals surface area contributed by atoms with E-state index in [9.17, 15) is 4.79 Å². The number of carbonyl (C=O) groups excluding carboxylic acids is 1. The molecule has 2 nitrogen and oxygen atoms in total. The Labute approximate surface area is 65.6 Å². The fraction of sp³-hybridized carbons (Fsp3) is 0.875. The van der Waals surface area contributed by atoms with Crippen LogP contribution in [0.2, 0.25) is 0 Å². The van der Waals surface area contributed by atoms with Crippen molar-refractivity contribution < 1.29 is 9.53 Å². The second kappa shape index (κ2) is 39.3. The monoisotopic (exact) mass is 150 g/mol. The van der Waals surface area contributed by atoms with Crippen molar-refractivity contribution in [1.82, 2.24) is 0 Å². The van der Waals surface area contributed by atoms with Crippen LogP contribution in [0, 0.1) is 0 Å². The average Bonchev–Trinajstić information content (AvgIpc) is 1.88. The Morgan fingerprint density at radius 3 is 1.80 bits per heavy atom. The molecule has 10 heavy (non-hydrogen) atoms. The fourth-order valence-electron chi connectivity index (χ4n) is 0.166. The third-order valence-electron chi connectivity index (χ3n) is 0.390. The number of hydrogen-bond donors (Lipinski definition) is 0. The molecule has 0 unspecified atom stereocenters. The maximum absolute atomic E-state index is 9.34. The highest BCUT2D eigenvalue weighted by atomic mass is 16.5. The minimum atomic E-state index is 0. The van der Waals surface area contributed by atoms with E-state index < -0.39 is 0 Å². The lowest BCUT2D eigenvalue weighted by molar-refractivity contribution is -0.128. The van der Waals surface area contributed by atoms with Crippen LogP contribution >= 0.6 is 0 Å². The Morgan fingerprint density at radius 2 is 1.70 bits per heavy atom. The molecule has 0 rings (SSSR count). The topological polar surface area (TPSA) is 26.3 Å². The van der Waals surface area contributed by atoms with E-state index >= 15 is 0 Å². The van der Waals surface area contributed by atoms with Gasteiger partial charge < -0.3 is 4.74 Å². The number of carbonyl (C=O) groups is 1. The molecule has 0 spiro atoms. The highest BCUT2D eigenvalue weighted by Crippen LogP contribution is 1.71. The largest absolute Gasteiger partial charge is 0.468 e. The van der Waals surface area contributed by atoms with Gasteiger partial charge in [0.05, 0.1) is 6.61 Å². The molecule has 0 aromatic heterocycles. The van der Waals surface area contributed by atoms with Gasteiger partial charge in [-0.3, -0.25) is 4.79 Å². The van der Waals surface area contributed by atoms with Gasteiger partial charge in [-0.25, -0.2) is 0 Å². The summed E-state index contributed by atoms with van der Waals surface area (Å²) in [6.45, 7) is 6.95. The summed E-state index contributed by atoms with van der Waals surface area (Å²) in [6, 6.07) is 0. The molecule has 0 aliphatic rings. The number of rotatable bonds is 3. The minimum Gasteiger partial charge on any atom is -0.468 e. The quantitative estimate of drug-likeness (QED) is 0.457. The zero-order valence-electron chi connectivity index (χ0n) is 5.81. The number of ether oxygens (including phenoxy) is 1. The van der Waals surface area contributed by atoms with Crippen molar-refractivity contribution in [2.45, 2.75) is 42.0 Å². The van der Waals surface area contributed by atoms with Gasteiger partial charge in [0.15, 0.2) is 0 Å². The first kappa shape index (κ1) is 22.7. The zero-order valence-corrected chi connectivity index (χ0v) is 5.81. The lowest BCUT2D eigenvalue weighted by Crippen LogP contribution is -1.86. The second-order valence-electron chi connectivity index (χ2n) is 0.967. The molecule has 0 saturated heterocycles. The summed E-state index contributed by atoms with van der Waals surface area (Å²) < 4.78 is 4.30. The van der Waals surface area contributed by atoms with Gasteiger partial charge in [0.2, 0.25) is 0 Å². The van der Waals surface area contributed by atoms with Crippen molar-refractivity contribution in [2.24, 2.45) is 0 Å². The van der Waals surface area contributed by atoms with Crippen LogP contribution in [-0.4, -0.2) is 13.1 Å². The van der Waals surface area contributed by atoms with Gasteiger partial charge in [0.25, 0.3) is 6.47 Å². The molecule has 0 heterocycles. The fourth-order valence-corrected chi connectivity index (χ4v) is 0.166.